The van der Waals surface area contributed by atoms with Gasteiger partial charge in [0.15, 0.2) is 0 Å². The van der Waals surface area contributed by atoms with Gasteiger partial charge in [-0.3, -0.25) is 4.79 Å². The average Bonchev–Trinajstić information content (AvgIpc) is 3.16. The third kappa shape index (κ3) is 3.25. The van der Waals surface area contributed by atoms with Crippen LogP contribution in [0.4, 0.5) is 0 Å². The Kier molecular flexibility index (Phi) is 4.10. The highest BCUT2D eigenvalue weighted by Gasteiger charge is 2.47. The maximum atomic E-state index is 12.9. The number of rotatable bonds is 5. The molecule has 1 saturated carbocycles. The summed E-state index contributed by atoms with van der Waals surface area (Å²) in [5, 5.41) is 9.22. The van der Waals surface area contributed by atoms with Gasteiger partial charge in [-0.05, 0) is 61.4 Å². The van der Waals surface area contributed by atoms with Crippen LogP contribution in [0.3, 0.4) is 0 Å². The van der Waals surface area contributed by atoms with Gasteiger partial charge >= 0.3 is 0 Å². The molecule has 2 N–H and O–H groups in total. The lowest BCUT2D eigenvalue weighted by molar-refractivity contribution is 0.0926. The molecule has 1 amide bonds. The molecule has 1 aliphatic carbocycles. The predicted molar refractivity (Wildman–Crippen MR) is 112 cm³/mol. The van der Waals surface area contributed by atoms with Crippen LogP contribution in [0.1, 0.15) is 28.9 Å². The average molecular weight is 407 g/mol. The number of aromatic nitrogens is 3. The van der Waals surface area contributed by atoms with Crippen LogP contribution in [0.2, 0.25) is 5.02 Å². The summed E-state index contributed by atoms with van der Waals surface area (Å²) in [6, 6.07) is 15.0. The first-order valence-electron chi connectivity index (χ1n) is 9.37. The van der Waals surface area contributed by atoms with E-state index >= 15 is 0 Å². The molecule has 0 saturated heterocycles. The molecule has 0 aliphatic heterocycles. The summed E-state index contributed by atoms with van der Waals surface area (Å²) in [6.45, 7) is 0. The molecule has 0 spiro atoms. The van der Waals surface area contributed by atoms with Gasteiger partial charge in [-0.15, -0.1) is 0 Å². The normalized spacial score (nSPS) is 14.7. The van der Waals surface area contributed by atoms with E-state index in [1.807, 2.05) is 59.5 Å². The van der Waals surface area contributed by atoms with Gasteiger partial charge in [0.25, 0.3) is 5.91 Å². The van der Waals surface area contributed by atoms with Crippen LogP contribution >= 0.6 is 11.6 Å². The van der Waals surface area contributed by atoms with Crippen LogP contribution in [-0.4, -0.2) is 27.8 Å². The fourth-order valence-corrected chi connectivity index (χ4v) is 3.75. The lowest BCUT2D eigenvalue weighted by Gasteiger charge is -2.15. The fraction of sp³-hybridized carbons (Fsp3) is 0.182. The molecular formula is C22H19ClN4O2. The zero-order chi connectivity index (χ0) is 20.0. The number of H-pyrrole nitrogens is 1. The second-order valence-corrected chi connectivity index (χ2v) is 7.76. The molecule has 5 rings (SSSR count). The van der Waals surface area contributed by atoms with Crippen molar-refractivity contribution in [2.75, 3.05) is 7.11 Å². The number of methoxy groups -OCH3 is 1. The Morgan fingerprint density at radius 1 is 1.21 bits per heavy atom. The number of nitrogens with one attached hydrogen (secondary N) is 2. The molecular weight excluding hydrogens is 388 g/mol. The van der Waals surface area contributed by atoms with Crippen molar-refractivity contribution < 1.29 is 9.53 Å². The Labute approximate surface area is 172 Å². The standard InChI is InChI=1S/C22H19ClN4O2/c1-29-18-5-3-17(4-6-18)27-13-15(12-24-27)22(8-9-22)26-21(28)20-11-14-10-16(23)2-7-19(14)25-20/h2-7,10-13,25H,8-9H2,1H3,(H,26,28). The van der Waals surface area contributed by atoms with E-state index in [-0.39, 0.29) is 11.4 Å². The number of fused-ring (bicyclic) bond motifs is 1. The highest BCUT2D eigenvalue weighted by atomic mass is 35.5. The summed E-state index contributed by atoms with van der Waals surface area (Å²) in [5.74, 6) is 0.665. The predicted octanol–water partition coefficient (Wildman–Crippen LogP) is 4.43. The highest BCUT2D eigenvalue weighted by Crippen LogP contribution is 2.45. The molecule has 6 nitrogen and oxygen atoms in total. The van der Waals surface area contributed by atoms with Gasteiger partial charge < -0.3 is 15.0 Å². The van der Waals surface area contributed by atoms with Gasteiger partial charge in [-0.25, -0.2) is 4.68 Å². The lowest BCUT2D eigenvalue weighted by atomic mass is 10.1. The molecule has 146 valence electrons. The van der Waals surface area contributed by atoms with Crippen LogP contribution < -0.4 is 10.1 Å². The molecule has 2 aromatic heterocycles. The third-order valence-electron chi connectivity index (χ3n) is 5.40. The van der Waals surface area contributed by atoms with Crippen LogP contribution in [0.5, 0.6) is 5.75 Å². The van der Waals surface area contributed by atoms with E-state index in [0.29, 0.717) is 10.7 Å². The van der Waals surface area contributed by atoms with Crippen molar-refractivity contribution in [3.63, 3.8) is 0 Å². The van der Waals surface area contributed by atoms with Crippen molar-refractivity contribution >= 4 is 28.4 Å². The molecule has 7 heteroatoms. The SMILES string of the molecule is COc1ccc(-n2cc(C3(NC(=O)c4cc5cc(Cl)ccc5[nH]4)CC3)cn2)cc1. The molecule has 1 aliphatic rings. The van der Waals surface area contributed by atoms with Crippen LogP contribution in [-0.2, 0) is 5.54 Å². The number of hydrogen-bond donors (Lipinski definition) is 2. The van der Waals surface area contributed by atoms with Gasteiger partial charge in [-0.2, -0.15) is 5.10 Å². The topological polar surface area (TPSA) is 71.9 Å². The molecule has 0 bridgehead atoms. The van der Waals surface area contributed by atoms with E-state index in [2.05, 4.69) is 15.4 Å². The first-order chi connectivity index (χ1) is 14.1. The van der Waals surface area contributed by atoms with Crippen molar-refractivity contribution in [2.45, 2.75) is 18.4 Å². The van der Waals surface area contributed by atoms with E-state index in [0.717, 1.165) is 40.7 Å². The molecule has 29 heavy (non-hydrogen) atoms. The van der Waals surface area contributed by atoms with Crippen molar-refractivity contribution in [1.29, 1.82) is 0 Å². The summed E-state index contributed by atoms with van der Waals surface area (Å²) >= 11 is 6.04. The number of nitrogens with zero attached hydrogens (tertiary/aromatic N) is 2. The Bertz CT molecular complexity index is 1210. The minimum atomic E-state index is -0.364. The number of hydrogen-bond acceptors (Lipinski definition) is 3. The summed E-state index contributed by atoms with van der Waals surface area (Å²) in [7, 11) is 1.64. The van der Waals surface area contributed by atoms with Crippen LogP contribution in [0.15, 0.2) is 60.9 Å². The minimum absolute atomic E-state index is 0.132. The van der Waals surface area contributed by atoms with Gasteiger partial charge in [-0.1, -0.05) is 11.6 Å². The highest BCUT2D eigenvalue weighted by molar-refractivity contribution is 6.31. The van der Waals surface area contributed by atoms with Crippen molar-refractivity contribution in [2.24, 2.45) is 0 Å². The van der Waals surface area contributed by atoms with Gasteiger partial charge in [0.2, 0.25) is 0 Å². The molecule has 0 unspecified atom stereocenters. The molecule has 4 aromatic rings. The van der Waals surface area contributed by atoms with Gasteiger partial charge in [0, 0.05) is 27.7 Å². The van der Waals surface area contributed by atoms with E-state index in [4.69, 9.17) is 16.3 Å². The summed E-state index contributed by atoms with van der Waals surface area (Å²) in [4.78, 5) is 16.0. The number of amides is 1. The second-order valence-electron chi connectivity index (χ2n) is 7.32. The summed E-state index contributed by atoms with van der Waals surface area (Å²) < 4.78 is 7.01. The molecule has 1 fully saturated rings. The Morgan fingerprint density at radius 2 is 2.00 bits per heavy atom. The molecule has 2 heterocycles. The van der Waals surface area contributed by atoms with Crippen LogP contribution in [0, 0.1) is 0 Å². The quantitative estimate of drug-likeness (QED) is 0.514. The number of carbonyl (C=O) groups excluding carboxylic acids is 1. The van der Waals surface area contributed by atoms with Crippen molar-refractivity contribution in [3.05, 3.63) is 77.2 Å². The van der Waals surface area contributed by atoms with Crippen LogP contribution in [0.25, 0.3) is 16.6 Å². The first kappa shape index (κ1) is 17.8. The summed E-state index contributed by atoms with van der Waals surface area (Å²) in [6.07, 6.45) is 5.57. The maximum Gasteiger partial charge on any atom is 0.268 e. The first-order valence-corrected chi connectivity index (χ1v) is 9.74. The fourth-order valence-electron chi connectivity index (χ4n) is 3.57. The Balaban J connectivity index is 1.37. The Hall–Kier alpha value is -3.25. The Morgan fingerprint density at radius 3 is 2.72 bits per heavy atom. The van der Waals surface area contributed by atoms with E-state index in [1.165, 1.54) is 0 Å². The molecule has 0 atom stereocenters. The number of aromatic amines is 1. The number of benzene rings is 2. The van der Waals surface area contributed by atoms with E-state index < -0.39 is 0 Å². The largest absolute Gasteiger partial charge is 0.497 e. The van der Waals surface area contributed by atoms with Gasteiger partial charge in [0.1, 0.15) is 11.4 Å². The summed E-state index contributed by atoms with van der Waals surface area (Å²) in [5.41, 5.74) is 2.98. The minimum Gasteiger partial charge on any atom is -0.497 e. The molecule has 2 aromatic carbocycles. The zero-order valence-electron chi connectivity index (χ0n) is 15.8. The van der Waals surface area contributed by atoms with E-state index in [9.17, 15) is 4.79 Å². The van der Waals surface area contributed by atoms with Crippen molar-refractivity contribution in [3.8, 4) is 11.4 Å². The molecule has 0 radical (unpaired) electrons. The van der Waals surface area contributed by atoms with E-state index in [1.54, 1.807) is 13.2 Å². The van der Waals surface area contributed by atoms with Gasteiger partial charge in [0.05, 0.1) is 24.5 Å². The third-order valence-corrected chi connectivity index (χ3v) is 5.64. The zero-order valence-corrected chi connectivity index (χ0v) is 16.5. The van der Waals surface area contributed by atoms with Crippen molar-refractivity contribution in [1.82, 2.24) is 20.1 Å². The second kappa shape index (κ2) is 6.67. The smallest absolute Gasteiger partial charge is 0.268 e. The number of ether oxygens (including phenoxy) is 1. The number of halogens is 1. The lowest BCUT2D eigenvalue weighted by Crippen LogP contribution is -2.34. The maximum absolute atomic E-state index is 12.9. The number of carbonyl (C=O) groups is 1. The monoisotopic (exact) mass is 406 g/mol.